The summed E-state index contributed by atoms with van der Waals surface area (Å²) in [7, 11) is 0. The van der Waals surface area contributed by atoms with Crippen LogP contribution in [0.1, 0.15) is 60.7 Å². The molecule has 0 fully saturated rings. The second-order valence-corrected chi connectivity index (χ2v) is 7.39. The average molecular weight is 440 g/mol. The highest BCUT2D eigenvalue weighted by molar-refractivity contribution is 6.09. The van der Waals surface area contributed by atoms with Gasteiger partial charge in [0.25, 0.3) is 11.8 Å². The van der Waals surface area contributed by atoms with Gasteiger partial charge in [-0.3, -0.25) is 14.4 Å². The average Bonchev–Trinajstić information content (AvgIpc) is 2.80. The summed E-state index contributed by atoms with van der Waals surface area (Å²) < 4.78 is 5.27. The number of carbonyl (C=O) groups is 3. The number of anilines is 2. The summed E-state index contributed by atoms with van der Waals surface area (Å²) in [5, 5.41) is 8.53. The largest absolute Gasteiger partial charge is 0.382 e. The zero-order valence-electron chi connectivity index (χ0n) is 19.1. The molecule has 2 aromatic carbocycles. The first-order valence-electron chi connectivity index (χ1n) is 11.2. The zero-order chi connectivity index (χ0) is 23.3. The Labute approximate surface area is 189 Å². The lowest BCUT2D eigenvalue weighted by molar-refractivity contribution is -0.120. The fraction of sp³-hybridized carbons (Fsp3) is 0.400. The third-order valence-electron chi connectivity index (χ3n) is 5.12. The number of rotatable bonds is 12. The minimum atomic E-state index is -0.361. The van der Waals surface area contributed by atoms with Crippen LogP contribution in [0.3, 0.4) is 0 Å². The van der Waals surface area contributed by atoms with Gasteiger partial charge in [-0.25, -0.2) is 0 Å². The van der Waals surface area contributed by atoms with Crippen LogP contribution in [0.5, 0.6) is 0 Å². The Bertz CT molecular complexity index is 910. The van der Waals surface area contributed by atoms with Crippen molar-refractivity contribution in [2.75, 3.05) is 30.4 Å². The van der Waals surface area contributed by atoms with E-state index in [1.807, 2.05) is 20.8 Å². The molecule has 7 nitrogen and oxygen atoms in total. The van der Waals surface area contributed by atoms with Crippen molar-refractivity contribution in [1.29, 1.82) is 0 Å². The lowest BCUT2D eigenvalue weighted by atomic mass is 10.0. The van der Waals surface area contributed by atoms with Crippen LogP contribution in [0.4, 0.5) is 11.4 Å². The Morgan fingerprint density at radius 3 is 2.38 bits per heavy atom. The van der Waals surface area contributed by atoms with Gasteiger partial charge >= 0.3 is 0 Å². The second kappa shape index (κ2) is 13.3. The number of ether oxygens (including phenoxy) is 1. The van der Waals surface area contributed by atoms with Crippen molar-refractivity contribution < 1.29 is 19.1 Å². The molecule has 0 aliphatic rings. The number of hydrogen-bond acceptors (Lipinski definition) is 4. The van der Waals surface area contributed by atoms with Crippen molar-refractivity contribution in [3.05, 3.63) is 59.7 Å². The molecular formula is C25H33N3O4. The first kappa shape index (κ1) is 25.1. The fourth-order valence-electron chi connectivity index (χ4n) is 3.24. The molecule has 0 aliphatic heterocycles. The van der Waals surface area contributed by atoms with E-state index < -0.39 is 0 Å². The van der Waals surface area contributed by atoms with Gasteiger partial charge < -0.3 is 20.7 Å². The van der Waals surface area contributed by atoms with Crippen LogP contribution in [0.15, 0.2) is 48.5 Å². The highest BCUT2D eigenvalue weighted by Gasteiger charge is 2.16. The van der Waals surface area contributed by atoms with Gasteiger partial charge in [0.2, 0.25) is 5.91 Å². The van der Waals surface area contributed by atoms with Crippen molar-refractivity contribution in [2.45, 2.75) is 40.0 Å². The lowest BCUT2D eigenvalue weighted by Crippen LogP contribution is -2.27. The molecule has 0 heterocycles. The molecule has 0 atom stereocenters. The van der Waals surface area contributed by atoms with Gasteiger partial charge in [-0.1, -0.05) is 32.0 Å². The van der Waals surface area contributed by atoms with Crippen LogP contribution in [0.2, 0.25) is 0 Å². The summed E-state index contributed by atoms with van der Waals surface area (Å²) in [5.41, 5.74) is 1.76. The van der Waals surface area contributed by atoms with E-state index in [1.165, 1.54) is 0 Å². The summed E-state index contributed by atoms with van der Waals surface area (Å²) in [6.45, 7) is 7.59. The summed E-state index contributed by atoms with van der Waals surface area (Å²) in [4.78, 5) is 37.7. The predicted octanol–water partition coefficient (Wildman–Crippen LogP) is 4.47. The maximum atomic E-state index is 12.8. The number of carbonyl (C=O) groups excluding carboxylic acids is 3. The Balaban J connectivity index is 2.05. The second-order valence-electron chi connectivity index (χ2n) is 7.39. The van der Waals surface area contributed by atoms with Crippen molar-refractivity contribution in [2.24, 2.45) is 5.92 Å². The quantitative estimate of drug-likeness (QED) is 0.425. The molecule has 3 N–H and O–H groups in total. The standard InChI is InChI=1S/C25H33N3O4/c1-4-18(5-2)23(29)27-20-12-9-11-19(17-20)24(30)28-22-14-8-7-13-21(22)25(31)26-15-10-16-32-6-3/h7-9,11-14,17-18H,4-6,10,15-16H2,1-3H3,(H,26,31)(H,27,29)(H,28,30). The number of benzene rings is 2. The van der Waals surface area contributed by atoms with Gasteiger partial charge in [-0.2, -0.15) is 0 Å². The Hall–Kier alpha value is -3.19. The first-order valence-corrected chi connectivity index (χ1v) is 11.2. The molecule has 7 heteroatoms. The van der Waals surface area contributed by atoms with E-state index in [4.69, 9.17) is 4.74 Å². The topological polar surface area (TPSA) is 96.5 Å². The molecule has 0 saturated carbocycles. The first-order chi connectivity index (χ1) is 15.5. The molecule has 3 amide bonds. The van der Waals surface area contributed by atoms with Gasteiger partial charge in [0.05, 0.1) is 11.3 Å². The van der Waals surface area contributed by atoms with Gasteiger partial charge in [0.1, 0.15) is 0 Å². The molecule has 2 rings (SSSR count). The molecule has 172 valence electrons. The van der Waals surface area contributed by atoms with Gasteiger partial charge in [0.15, 0.2) is 0 Å². The Morgan fingerprint density at radius 2 is 1.66 bits per heavy atom. The third kappa shape index (κ3) is 7.50. The van der Waals surface area contributed by atoms with Gasteiger partial charge in [-0.05, 0) is 56.5 Å². The van der Waals surface area contributed by atoms with Crippen LogP contribution in [0, 0.1) is 5.92 Å². The van der Waals surface area contributed by atoms with Crippen molar-refractivity contribution >= 4 is 29.1 Å². The van der Waals surface area contributed by atoms with Crippen molar-refractivity contribution in [3.8, 4) is 0 Å². The molecule has 0 spiro atoms. The van der Waals surface area contributed by atoms with Gasteiger partial charge in [0, 0.05) is 36.9 Å². The van der Waals surface area contributed by atoms with Crippen LogP contribution in [0.25, 0.3) is 0 Å². The third-order valence-corrected chi connectivity index (χ3v) is 5.12. The van der Waals surface area contributed by atoms with E-state index in [0.717, 1.165) is 12.8 Å². The SMILES string of the molecule is CCOCCCNC(=O)c1ccccc1NC(=O)c1cccc(NC(=O)C(CC)CC)c1. The molecule has 0 unspecified atom stereocenters. The number of para-hydroxylation sites is 1. The van der Waals surface area contributed by atoms with Gasteiger partial charge in [-0.15, -0.1) is 0 Å². The summed E-state index contributed by atoms with van der Waals surface area (Å²) in [5.74, 6) is -0.742. The summed E-state index contributed by atoms with van der Waals surface area (Å²) >= 11 is 0. The highest BCUT2D eigenvalue weighted by Crippen LogP contribution is 2.19. The Kier molecular flexibility index (Phi) is 10.4. The van der Waals surface area contributed by atoms with E-state index >= 15 is 0 Å². The molecular weight excluding hydrogens is 406 g/mol. The van der Waals surface area contributed by atoms with Crippen molar-refractivity contribution in [1.82, 2.24) is 5.32 Å². The van der Waals surface area contributed by atoms with Crippen LogP contribution >= 0.6 is 0 Å². The molecule has 32 heavy (non-hydrogen) atoms. The minimum Gasteiger partial charge on any atom is -0.382 e. The van der Waals surface area contributed by atoms with E-state index in [2.05, 4.69) is 16.0 Å². The maximum Gasteiger partial charge on any atom is 0.255 e. The van der Waals surface area contributed by atoms with E-state index in [-0.39, 0.29) is 23.6 Å². The van der Waals surface area contributed by atoms with E-state index in [0.29, 0.717) is 48.7 Å². The lowest BCUT2D eigenvalue weighted by Gasteiger charge is -2.14. The zero-order valence-corrected chi connectivity index (χ0v) is 19.1. The number of hydrogen-bond donors (Lipinski definition) is 3. The monoisotopic (exact) mass is 439 g/mol. The van der Waals surface area contributed by atoms with Crippen LogP contribution in [-0.2, 0) is 9.53 Å². The molecule has 0 radical (unpaired) electrons. The molecule has 0 aromatic heterocycles. The van der Waals surface area contributed by atoms with Crippen LogP contribution in [-0.4, -0.2) is 37.5 Å². The fourth-order valence-corrected chi connectivity index (χ4v) is 3.24. The molecule has 0 aliphatic carbocycles. The highest BCUT2D eigenvalue weighted by atomic mass is 16.5. The minimum absolute atomic E-state index is 0.0566. The number of nitrogens with one attached hydrogen (secondary N) is 3. The molecule has 0 saturated heterocycles. The molecule has 0 bridgehead atoms. The normalized spacial score (nSPS) is 10.6. The van der Waals surface area contributed by atoms with E-state index in [1.54, 1.807) is 48.5 Å². The Morgan fingerprint density at radius 1 is 0.906 bits per heavy atom. The van der Waals surface area contributed by atoms with Crippen LogP contribution < -0.4 is 16.0 Å². The summed E-state index contributed by atoms with van der Waals surface area (Å²) in [6, 6.07) is 13.6. The van der Waals surface area contributed by atoms with E-state index in [9.17, 15) is 14.4 Å². The predicted molar refractivity (Wildman–Crippen MR) is 127 cm³/mol. The number of amides is 3. The van der Waals surface area contributed by atoms with Crippen molar-refractivity contribution in [3.63, 3.8) is 0 Å². The summed E-state index contributed by atoms with van der Waals surface area (Å²) in [6.07, 6.45) is 2.23. The maximum absolute atomic E-state index is 12.8. The molecule has 2 aromatic rings. The smallest absolute Gasteiger partial charge is 0.255 e.